The van der Waals surface area contributed by atoms with Gasteiger partial charge in [0.1, 0.15) is 18.3 Å². The Balaban J connectivity index is 1.26. The summed E-state index contributed by atoms with van der Waals surface area (Å²) >= 11 is 0. The molecule has 0 aromatic carbocycles. The Morgan fingerprint density at radius 1 is 1.21 bits per heavy atom. The molecule has 192 valence electrons. The highest BCUT2D eigenvalue weighted by Gasteiger charge is 2.49. The number of fused-ring (bicyclic) bond motifs is 3. The molecule has 0 radical (unpaired) electrons. The van der Waals surface area contributed by atoms with Crippen molar-refractivity contribution in [2.45, 2.75) is 110 Å². The molecule has 7 nitrogen and oxygen atoms in total. The average molecular weight is 479 g/mol. The second-order valence-corrected chi connectivity index (χ2v) is 10.8. The van der Waals surface area contributed by atoms with Crippen molar-refractivity contribution < 1.29 is 34.0 Å². The van der Waals surface area contributed by atoms with Crippen LogP contribution < -0.4 is 0 Å². The number of carbonyl (C=O) groups is 1. The van der Waals surface area contributed by atoms with Gasteiger partial charge in [0.2, 0.25) is 0 Å². The first-order chi connectivity index (χ1) is 16.2. The summed E-state index contributed by atoms with van der Waals surface area (Å²) in [5.74, 6) is 2.18. The Labute approximate surface area is 203 Å². The van der Waals surface area contributed by atoms with Gasteiger partial charge >= 0.3 is 5.97 Å². The highest BCUT2D eigenvalue weighted by Crippen LogP contribution is 2.46. The molecule has 2 bridgehead atoms. The van der Waals surface area contributed by atoms with Crippen molar-refractivity contribution in [3.8, 4) is 0 Å². The van der Waals surface area contributed by atoms with Crippen molar-refractivity contribution in [3.63, 3.8) is 0 Å². The van der Waals surface area contributed by atoms with E-state index in [0.717, 1.165) is 18.8 Å². The first kappa shape index (κ1) is 25.8. The predicted octanol–water partition coefficient (Wildman–Crippen LogP) is 3.87. The van der Waals surface area contributed by atoms with Crippen LogP contribution in [0.1, 0.15) is 72.6 Å². The lowest BCUT2D eigenvalue weighted by Crippen LogP contribution is -2.59. The molecule has 4 rings (SSSR count). The Morgan fingerprint density at radius 3 is 2.76 bits per heavy atom. The molecule has 0 aromatic rings. The van der Waals surface area contributed by atoms with E-state index in [1.807, 2.05) is 0 Å². The van der Waals surface area contributed by atoms with Crippen LogP contribution in [0, 0.1) is 23.7 Å². The highest BCUT2D eigenvalue weighted by atomic mass is 16.8. The maximum atomic E-state index is 11.4. The SMILES string of the molecule is CC(=O)O[C@H]1[C@H](O)C2COC(CCCCC(C)[C@@H]3CC=C(C)[C@H]4CCC(C)=C[C@H]43)OC(O2)[C@@H]1O. The van der Waals surface area contributed by atoms with Crippen LogP contribution in [0.15, 0.2) is 23.3 Å². The van der Waals surface area contributed by atoms with Gasteiger partial charge < -0.3 is 29.2 Å². The van der Waals surface area contributed by atoms with E-state index in [-0.39, 0.29) is 6.61 Å². The molecule has 34 heavy (non-hydrogen) atoms. The lowest BCUT2D eigenvalue weighted by molar-refractivity contribution is -0.301. The van der Waals surface area contributed by atoms with Gasteiger partial charge in [-0.3, -0.25) is 4.79 Å². The summed E-state index contributed by atoms with van der Waals surface area (Å²) in [6, 6.07) is 0. The van der Waals surface area contributed by atoms with Gasteiger partial charge in [-0.1, -0.05) is 43.1 Å². The summed E-state index contributed by atoms with van der Waals surface area (Å²) in [7, 11) is 0. The fourth-order valence-corrected chi connectivity index (χ4v) is 6.32. The Hall–Kier alpha value is -1.25. The van der Waals surface area contributed by atoms with Gasteiger partial charge in [0.25, 0.3) is 0 Å². The second-order valence-electron chi connectivity index (χ2n) is 10.8. The van der Waals surface area contributed by atoms with Crippen LogP contribution in [-0.2, 0) is 23.7 Å². The molecular weight excluding hydrogens is 436 g/mol. The normalized spacial score (nSPS) is 40.9. The molecule has 2 heterocycles. The molecule has 4 aliphatic rings. The average Bonchev–Trinajstić information content (AvgIpc) is 2.99. The molecule has 0 aromatic heterocycles. The van der Waals surface area contributed by atoms with Crippen LogP contribution in [0.4, 0.5) is 0 Å². The molecule has 2 saturated heterocycles. The number of hydrogen-bond donors (Lipinski definition) is 2. The Bertz CT molecular complexity index is 777. The molecule has 0 saturated carbocycles. The quantitative estimate of drug-likeness (QED) is 0.326. The number of ether oxygens (including phenoxy) is 4. The number of esters is 1. The van der Waals surface area contributed by atoms with Gasteiger partial charge in [0.05, 0.1) is 6.61 Å². The number of allylic oxidation sites excluding steroid dienone is 4. The molecule has 0 amide bonds. The predicted molar refractivity (Wildman–Crippen MR) is 127 cm³/mol. The zero-order valence-electron chi connectivity index (χ0n) is 21.0. The van der Waals surface area contributed by atoms with Crippen LogP contribution >= 0.6 is 0 Å². The molecular formula is C27H42O7. The number of carbonyl (C=O) groups excluding carboxylic acids is 1. The minimum absolute atomic E-state index is 0.131. The molecule has 10 atom stereocenters. The molecule has 2 aliphatic carbocycles. The first-order valence-corrected chi connectivity index (χ1v) is 13.0. The Kier molecular flexibility index (Phi) is 8.52. The monoisotopic (exact) mass is 478 g/mol. The van der Waals surface area contributed by atoms with E-state index in [1.165, 1.54) is 32.6 Å². The van der Waals surface area contributed by atoms with Crippen molar-refractivity contribution in [2.24, 2.45) is 23.7 Å². The van der Waals surface area contributed by atoms with E-state index in [9.17, 15) is 15.0 Å². The number of unbranched alkanes of at least 4 members (excludes halogenated alkanes) is 1. The summed E-state index contributed by atoms with van der Waals surface area (Å²) in [5.41, 5.74) is 3.13. The molecule has 0 spiro atoms. The molecule has 2 fully saturated rings. The second kappa shape index (κ2) is 11.2. The first-order valence-electron chi connectivity index (χ1n) is 13.0. The highest BCUT2D eigenvalue weighted by molar-refractivity contribution is 5.66. The van der Waals surface area contributed by atoms with Gasteiger partial charge in [0.15, 0.2) is 18.7 Å². The lowest BCUT2D eigenvalue weighted by Gasteiger charge is -2.42. The van der Waals surface area contributed by atoms with E-state index in [0.29, 0.717) is 24.2 Å². The van der Waals surface area contributed by atoms with E-state index in [1.54, 1.807) is 11.1 Å². The van der Waals surface area contributed by atoms with Crippen LogP contribution in [0.25, 0.3) is 0 Å². The van der Waals surface area contributed by atoms with Gasteiger partial charge in [-0.2, -0.15) is 0 Å². The Morgan fingerprint density at radius 2 is 2.00 bits per heavy atom. The van der Waals surface area contributed by atoms with Crippen LogP contribution in [0.5, 0.6) is 0 Å². The fourth-order valence-electron chi connectivity index (χ4n) is 6.32. The van der Waals surface area contributed by atoms with E-state index in [4.69, 9.17) is 18.9 Å². The van der Waals surface area contributed by atoms with Crippen LogP contribution in [0.2, 0.25) is 0 Å². The summed E-state index contributed by atoms with van der Waals surface area (Å²) < 4.78 is 22.5. The number of aliphatic hydroxyl groups excluding tert-OH is 2. The summed E-state index contributed by atoms with van der Waals surface area (Å²) in [5, 5.41) is 20.9. The maximum absolute atomic E-state index is 11.4. The minimum Gasteiger partial charge on any atom is -0.457 e. The largest absolute Gasteiger partial charge is 0.457 e. The number of aliphatic hydroxyl groups is 2. The summed E-state index contributed by atoms with van der Waals surface area (Å²) in [6.45, 7) is 8.36. The molecule has 2 aliphatic heterocycles. The lowest BCUT2D eigenvalue weighted by atomic mass is 9.63. The van der Waals surface area contributed by atoms with E-state index >= 15 is 0 Å². The standard InChI is InChI=1S/C27H42O7/c1-15-9-11-19-17(3)10-12-20(21(19)13-15)16(2)7-5-6-8-23-31-14-22-24(29)26(32-18(4)28)25(30)27(33-22)34-23/h10,13,16,19-27,29-30H,5-9,11-12,14H2,1-4H3/t16?,19-,20+,21-,22?,23?,24-,25-,26+,27?/m1/s1. The summed E-state index contributed by atoms with van der Waals surface area (Å²) in [6.07, 6.45) is 6.90. The zero-order chi connectivity index (χ0) is 24.4. The van der Waals surface area contributed by atoms with Crippen molar-refractivity contribution >= 4 is 5.97 Å². The summed E-state index contributed by atoms with van der Waals surface area (Å²) in [4.78, 5) is 11.4. The topological polar surface area (TPSA) is 94.5 Å². The van der Waals surface area contributed by atoms with Crippen molar-refractivity contribution in [2.75, 3.05) is 6.61 Å². The van der Waals surface area contributed by atoms with Gasteiger partial charge in [0, 0.05) is 6.92 Å². The van der Waals surface area contributed by atoms with Gasteiger partial charge in [-0.05, 0) is 69.6 Å². The maximum Gasteiger partial charge on any atom is 0.303 e. The zero-order valence-corrected chi connectivity index (χ0v) is 21.0. The van der Waals surface area contributed by atoms with Crippen LogP contribution in [0.3, 0.4) is 0 Å². The third-order valence-corrected chi connectivity index (χ3v) is 8.34. The molecule has 7 heteroatoms. The van der Waals surface area contributed by atoms with Crippen LogP contribution in [-0.4, -0.2) is 59.8 Å². The van der Waals surface area contributed by atoms with E-state index < -0.39 is 43.0 Å². The number of hydrogen-bond acceptors (Lipinski definition) is 7. The third-order valence-electron chi connectivity index (χ3n) is 8.34. The third kappa shape index (κ3) is 5.76. The minimum atomic E-state index is -1.26. The van der Waals surface area contributed by atoms with Gasteiger partial charge in [-0.25, -0.2) is 0 Å². The smallest absolute Gasteiger partial charge is 0.303 e. The van der Waals surface area contributed by atoms with Crippen molar-refractivity contribution in [1.82, 2.24) is 0 Å². The van der Waals surface area contributed by atoms with Crippen molar-refractivity contribution in [1.29, 1.82) is 0 Å². The number of rotatable bonds is 7. The van der Waals surface area contributed by atoms with Gasteiger partial charge in [-0.15, -0.1) is 0 Å². The van der Waals surface area contributed by atoms with E-state index in [2.05, 4.69) is 32.9 Å². The molecule has 2 N–H and O–H groups in total. The fraction of sp³-hybridized carbons (Fsp3) is 0.815. The molecule has 4 unspecified atom stereocenters. The van der Waals surface area contributed by atoms with Crippen molar-refractivity contribution in [3.05, 3.63) is 23.3 Å².